The molecule has 4 rings (SSSR count). The second-order valence-electron chi connectivity index (χ2n) is 6.73. The molecule has 33 heavy (non-hydrogen) atoms. The lowest BCUT2D eigenvalue weighted by Crippen LogP contribution is -2.16. The van der Waals surface area contributed by atoms with Crippen molar-refractivity contribution in [1.82, 2.24) is 24.9 Å². The van der Waals surface area contributed by atoms with Gasteiger partial charge in [-0.25, -0.2) is 24.3 Å². The molecule has 1 aromatic carbocycles. The number of benzene rings is 1. The van der Waals surface area contributed by atoms with Crippen molar-refractivity contribution in [2.24, 2.45) is 0 Å². The summed E-state index contributed by atoms with van der Waals surface area (Å²) in [5.41, 5.74) is 6.58. The average Bonchev–Trinajstić information content (AvgIpc) is 3.31. The summed E-state index contributed by atoms with van der Waals surface area (Å²) in [4.78, 5) is 30.2. The Balaban J connectivity index is 1.49. The van der Waals surface area contributed by atoms with Crippen LogP contribution in [0.2, 0.25) is 0 Å². The molecule has 5 N–H and O–H groups in total. The van der Waals surface area contributed by atoms with Gasteiger partial charge in [-0.05, 0) is 24.3 Å². The molecule has 0 saturated heterocycles. The van der Waals surface area contributed by atoms with E-state index in [2.05, 4.69) is 51.5 Å². The molecular weight excluding hydrogens is 497 g/mol. The van der Waals surface area contributed by atoms with Gasteiger partial charge in [-0.3, -0.25) is 10.1 Å². The number of nitrogens with two attached hydrogens (primary N) is 1. The number of nitro groups is 1. The average molecular weight is 514 g/mol. The van der Waals surface area contributed by atoms with Crippen LogP contribution >= 0.6 is 15.9 Å². The topological polar surface area (TPSA) is 161 Å². The van der Waals surface area contributed by atoms with Gasteiger partial charge < -0.3 is 21.4 Å². The Hall–Kier alpha value is -4.13. The van der Waals surface area contributed by atoms with Gasteiger partial charge in [0.2, 0.25) is 11.8 Å². The van der Waals surface area contributed by atoms with Crippen molar-refractivity contribution in [3.8, 4) is 22.6 Å². The molecule has 11 nitrogen and oxygen atoms in total. The Labute approximate surface area is 195 Å². The van der Waals surface area contributed by atoms with Crippen molar-refractivity contribution in [1.29, 1.82) is 0 Å². The molecule has 0 bridgehead atoms. The molecule has 13 heteroatoms. The first-order valence-corrected chi connectivity index (χ1v) is 10.4. The van der Waals surface area contributed by atoms with E-state index in [1.165, 1.54) is 18.2 Å². The first-order chi connectivity index (χ1) is 15.9. The highest BCUT2D eigenvalue weighted by Crippen LogP contribution is 2.31. The third-order valence-electron chi connectivity index (χ3n) is 4.54. The van der Waals surface area contributed by atoms with Crippen LogP contribution in [0.4, 0.5) is 27.7 Å². The molecule has 0 aliphatic rings. The number of nitrogens with zero attached hydrogens (tertiary/aromatic N) is 5. The van der Waals surface area contributed by atoms with Crippen LogP contribution in [-0.2, 0) is 0 Å². The summed E-state index contributed by atoms with van der Waals surface area (Å²) in [5, 5.41) is 16.9. The van der Waals surface area contributed by atoms with Gasteiger partial charge in [-0.2, -0.15) is 0 Å². The van der Waals surface area contributed by atoms with Gasteiger partial charge in [-0.15, -0.1) is 0 Å². The number of halogens is 2. The number of hydrogen-bond acceptors (Lipinski definition) is 9. The van der Waals surface area contributed by atoms with Crippen molar-refractivity contribution in [3.63, 3.8) is 0 Å². The molecular formula is C20H17BrFN9O2. The lowest BCUT2D eigenvalue weighted by Gasteiger charge is -2.12. The first-order valence-electron chi connectivity index (χ1n) is 9.63. The maximum atomic E-state index is 14.7. The summed E-state index contributed by atoms with van der Waals surface area (Å²) in [6.07, 6.45) is 4.82. The minimum Gasteiger partial charge on any atom is -0.378 e. The van der Waals surface area contributed by atoms with Gasteiger partial charge in [0.25, 0.3) is 0 Å². The minimum absolute atomic E-state index is 0.170. The summed E-state index contributed by atoms with van der Waals surface area (Å²) >= 11 is 3.26. The lowest BCUT2D eigenvalue weighted by molar-refractivity contribution is -0.384. The monoisotopic (exact) mass is 513 g/mol. The van der Waals surface area contributed by atoms with E-state index in [-0.39, 0.29) is 11.5 Å². The summed E-state index contributed by atoms with van der Waals surface area (Å²) in [7, 11) is 0. The van der Waals surface area contributed by atoms with Crippen molar-refractivity contribution >= 4 is 39.2 Å². The number of rotatable bonds is 8. The van der Waals surface area contributed by atoms with Crippen molar-refractivity contribution in [2.45, 2.75) is 0 Å². The van der Waals surface area contributed by atoms with Crippen LogP contribution in [0.3, 0.4) is 0 Å². The number of imidazole rings is 1. The maximum Gasteiger partial charge on any atom is 0.311 e. The molecule has 0 spiro atoms. The van der Waals surface area contributed by atoms with Crippen LogP contribution in [0.25, 0.3) is 22.6 Å². The van der Waals surface area contributed by atoms with Crippen molar-refractivity contribution in [3.05, 3.63) is 69.3 Å². The van der Waals surface area contributed by atoms with E-state index >= 15 is 0 Å². The van der Waals surface area contributed by atoms with E-state index in [1.807, 2.05) is 0 Å². The third kappa shape index (κ3) is 5.03. The Bertz CT molecular complexity index is 1300. The molecule has 0 saturated carbocycles. The highest BCUT2D eigenvalue weighted by molar-refractivity contribution is 9.10. The van der Waals surface area contributed by atoms with Gasteiger partial charge >= 0.3 is 5.69 Å². The zero-order chi connectivity index (χ0) is 23.4. The van der Waals surface area contributed by atoms with Gasteiger partial charge in [-0.1, -0.05) is 15.9 Å². The van der Waals surface area contributed by atoms with E-state index < -0.39 is 10.7 Å². The molecule has 0 fully saturated rings. The summed E-state index contributed by atoms with van der Waals surface area (Å²) < 4.78 is 15.3. The van der Waals surface area contributed by atoms with E-state index in [1.54, 1.807) is 30.7 Å². The van der Waals surface area contributed by atoms with Gasteiger partial charge in [0, 0.05) is 47.8 Å². The normalized spacial score (nSPS) is 10.7. The van der Waals surface area contributed by atoms with E-state index in [0.717, 1.165) is 0 Å². The number of pyridine rings is 1. The number of anilines is 3. The largest absolute Gasteiger partial charge is 0.378 e. The first kappa shape index (κ1) is 22.1. The van der Waals surface area contributed by atoms with Gasteiger partial charge in [0.1, 0.15) is 17.5 Å². The number of H-pyrrole nitrogens is 1. The maximum absolute atomic E-state index is 14.7. The van der Waals surface area contributed by atoms with E-state index in [4.69, 9.17) is 5.73 Å². The molecule has 0 unspecified atom stereocenters. The Morgan fingerprint density at radius 3 is 2.64 bits per heavy atom. The fourth-order valence-electron chi connectivity index (χ4n) is 3.02. The zero-order valence-corrected chi connectivity index (χ0v) is 18.5. The lowest BCUT2D eigenvalue weighted by atomic mass is 10.1. The smallest absolute Gasteiger partial charge is 0.311 e. The van der Waals surface area contributed by atoms with E-state index in [9.17, 15) is 14.5 Å². The molecule has 3 aromatic heterocycles. The Morgan fingerprint density at radius 1 is 1.12 bits per heavy atom. The van der Waals surface area contributed by atoms with Crippen LogP contribution in [0, 0.1) is 15.9 Å². The molecule has 0 atom stereocenters. The number of hydrogen-bond donors (Lipinski definition) is 4. The van der Waals surface area contributed by atoms with Gasteiger partial charge in [0.05, 0.1) is 16.2 Å². The molecule has 168 valence electrons. The SMILES string of the molecule is Nc1nc(NCCNc2ncc(-c3ncc[nH]3)c(-c3ccc(Br)cc3F)n2)ccc1[N+](=O)[O-]. The molecule has 0 radical (unpaired) electrons. The van der Waals surface area contributed by atoms with Crippen LogP contribution < -0.4 is 16.4 Å². The van der Waals surface area contributed by atoms with Crippen molar-refractivity contribution in [2.75, 3.05) is 29.5 Å². The molecule has 0 amide bonds. The predicted octanol–water partition coefficient (Wildman–Crippen LogP) is 3.84. The highest BCUT2D eigenvalue weighted by atomic mass is 79.9. The second-order valence-corrected chi connectivity index (χ2v) is 7.65. The van der Waals surface area contributed by atoms with Crippen LogP contribution in [0.15, 0.2) is 53.4 Å². The summed E-state index contributed by atoms with van der Waals surface area (Å²) in [5.74, 6) is 0.593. The third-order valence-corrected chi connectivity index (χ3v) is 5.03. The minimum atomic E-state index is -0.594. The van der Waals surface area contributed by atoms with Crippen LogP contribution in [0.1, 0.15) is 0 Å². The van der Waals surface area contributed by atoms with Crippen LogP contribution in [0.5, 0.6) is 0 Å². The summed E-state index contributed by atoms with van der Waals surface area (Å²) in [6, 6.07) is 7.48. The quantitative estimate of drug-likeness (QED) is 0.156. The molecule has 3 heterocycles. The number of nitrogens with one attached hydrogen (secondary N) is 3. The van der Waals surface area contributed by atoms with Gasteiger partial charge in [0.15, 0.2) is 0 Å². The number of aromatic amines is 1. The fraction of sp³-hybridized carbons (Fsp3) is 0.100. The number of aromatic nitrogens is 5. The van der Waals surface area contributed by atoms with E-state index in [0.29, 0.717) is 52.0 Å². The van der Waals surface area contributed by atoms with Crippen LogP contribution in [-0.4, -0.2) is 42.9 Å². The van der Waals surface area contributed by atoms with Crippen molar-refractivity contribution < 1.29 is 9.31 Å². The standard InChI is InChI=1S/C20H17BrFN9O2/c21-11-1-2-12(14(22)9-11)17-13(19-25-6-7-26-19)10-28-20(30-17)27-8-5-24-16-4-3-15(31(32)33)18(23)29-16/h1-4,6-7,9-10H,5,8H2,(H,25,26)(H3,23,24,29)(H,27,28,30). The summed E-state index contributed by atoms with van der Waals surface area (Å²) in [6.45, 7) is 0.788. The second kappa shape index (κ2) is 9.56. The molecule has 4 aromatic rings. The molecule has 0 aliphatic heterocycles. The zero-order valence-electron chi connectivity index (χ0n) is 16.9. The highest BCUT2D eigenvalue weighted by Gasteiger charge is 2.17. The molecule has 0 aliphatic carbocycles. The number of nitrogen functional groups attached to an aromatic ring is 1. The fourth-order valence-corrected chi connectivity index (χ4v) is 3.36. The Morgan fingerprint density at radius 2 is 1.94 bits per heavy atom. The Kier molecular flexibility index (Phi) is 6.40. The predicted molar refractivity (Wildman–Crippen MR) is 125 cm³/mol.